The lowest BCUT2D eigenvalue weighted by atomic mass is 10.1. The third-order valence-electron chi connectivity index (χ3n) is 5.55. The molecule has 32 heavy (non-hydrogen) atoms. The van der Waals surface area contributed by atoms with Crippen LogP contribution >= 0.6 is 11.8 Å². The van der Waals surface area contributed by atoms with Crippen LogP contribution < -0.4 is 5.32 Å². The number of thioether (sulfide) groups is 1. The number of fused-ring (bicyclic) bond motifs is 1. The van der Waals surface area contributed by atoms with Gasteiger partial charge in [0.25, 0.3) is 0 Å². The number of carbonyl (C=O) groups is 1. The minimum Gasteiger partial charge on any atom is -0.361 e. The van der Waals surface area contributed by atoms with Crippen molar-refractivity contribution in [2.75, 3.05) is 45.5 Å². The highest BCUT2D eigenvalue weighted by Crippen LogP contribution is 2.21. The van der Waals surface area contributed by atoms with Gasteiger partial charge in [0.15, 0.2) is 0 Å². The van der Waals surface area contributed by atoms with Gasteiger partial charge in [0.1, 0.15) is 4.90 Å². The maximum Gasteiger partial charge on any atom is 0.244 e. The summed E-state index contributed by atoms with van der Waals surface area (Å²) in [6, 6.07) is 11.3. The number of sulfonamides is 1. The molecule has 0 saturated carbocycles. The van der Waals surface area contributed by atoms with Crippen LogP contribution in [0.15, 0.2) is 58.7 Å². The quantitative estimate of drug-likeness (QED) is 0.485. The smallest absolute Gasteiger partial charge is 0.244 e. The van der Waals surface area contributed by atoms with Crippen molar-refractivity contribution in [2.45, 2.75) is 16.3 Å². The molecular formula is C22H27N5O3S2. The Hall–Kier alpha value is -2.40. The largest absolute Gasteiger partial charge is 0.361 e. The van der Waals surface area contributed by atoms with Gasteiger partial charge in [-0.3, -0.25) is 4.79 Å². The lowest BCUT2D eigenvalue weighted by Crippen LogP contribution is -2.47. The minimum atomic E-state index is -3.53. The van der Waals surface area contributed by atoms with Crippen LogP contribution in [-0.4, -0.2) is 79.0 Å². The number of amides is 1. The molecule has 0 bridgehead atoms. The lowest BCUT2D eigenvalue weighted by Gasteiger charge is -2.31. The highest BCUT2D eigenvalue weighted by Gasteiger charge is 2.27. The van der Waals surface area contributed by atoms with E-state index in [4.69, 9.17) is 0 Å². The number of nitrogens with one attached hydrogen (secondary N) is 2. The second-order valence-electron chi connectivity index (χ2n) is 7.79. The molecule has 0 spiro atoms. The van der Waals surface area contributed by atoms with Gasteiger partial charge >= 0.3 is 0 Å². The number of pyridine rings is 1. The topological polar surface area (TPSA) is 98.4 Å². The number of rotatable bonds is 8. The Morgan fingerprint density at radius 2 is 1.94 bits per heavy atom. The molecule has 8 nitrogen and oxygen atoms in total. The van der Waals surface area contributed by atoms with Gasteiger partial charge in [-0.05, 0) is 37.2 Å². The number of hydrogen-bond acceptors (Lipinski definition) is 6. The third-order valence-corrected chi connectivity index (χ3v) is 8.38. The van der Waals surface area contributed by atoms with Crippen LogP contribution in [0.4, 0.5) is 0 Å². The van der Waals surface area contributed by atoms with E-state index >= 15 is 0 Å². The second-order valence-corrected chi connectivity index (χ2v) is 10.7. The number of hydrogen-bond donors (Lipinski definition) is 2. The molecule has 1 aliphatic heterocycles. The van der Waals surface area contributed by atoms with E-state index in [0.717, 1.165) is 25.0 Å². The van der Waals surface area contributed by atoms with Crippen molar-refractivity contribution < 1.29 is 13.2 Å². The maximum atomic E-state index is 12.8. The number of likely N-dealkylation sites (N-methyl/N-ethyl adjacent to an activating group) is 1. The fraction of sp³-hybridized carbons (Fsp3) is 0.364. The average molecular weight is 474 g/mol. The van der Waals surface area contributed by atoms with E-state index in [1.807, 2.05) is 31.4 Å². The van der Waals surface area contributed by atoms with Crippen molar-refractivity contribution >= 4 is 38.6 Å². The van der Waals surface area contributed by atoms with Gasteiger partial charge in [0.2, 0.25) is 15.9 Å². The predicted molar refractivity (Wildman–Crippen MR) is 126 cm³/mol. The maximum absolute atomic E-state index is 12.8. The van der Waals surface area contributed by atoms with Crippen LogP contribution in [0, 0.1) is 0 Å². The third kappa shape index (κ3) is 5.32. The van der Waals surface area contributed by atoms with Crippen molar-refractivity contribution in [3.05, 3.63) is 54.4 Å². The lowest BCUT2D eigenvalue weighted by molar-refractivity contribution is -0.118. The van der Waals surface area contributed by atoms with Gasteiger partial charge in [-0.15, -0.1) is 0 Å². The standard InChI is InChI=1S/C22H27N5O3S2/c1-26-10-12-27(13-11-26)32(29,30)18-6-7-22(25-15-18)31-16-21(28)23-9-8-17-14-24-20-5-3-2-4-19(17)20/h2-7,14-15,24H,8-13,16H2,1H3,(H,23,28). The number of aromatic amines is 1. The number of nitrogens with zero attached hydrogens (tertiary/aromatic N) is 3. The molecule has 3 aromatic rings. The molecule has 3 heterocycles. The van der Waals surface area contributed by atoms with Gasteiger partial charge in [-0.25, -0.2) is 13.4 Å². The zero-order valence-electron chi connectivity index (χ0n) is 18.0. The van der Waals surface area contributed by atoms with Crippen molar-refractivity contribution in [1.82, 2.24) is 24.5 Å². The summed E-state index contributed by atoms with van der Waals surface area (Å²) in [6.45, 7) is 2.95. The van der Waals surface area contributed by atoms with Crippen LogP contribution in [0.2, 0.25) is 0 Å². The van der Waals surface area contributed by atoms with E-state index < -0.39 is 10.0 Å². The number of aromatic nitrogens is 2. The van der Waals surface area contributed by atoms with E-state index in [0.29, 0.717) is 24.7 Å². The molecule has 1 fully saturated rings. The van der Waals surface area contributed by atoms with E-state index in [-0.39, 0.29) is 16.6 Å². The first-order chi connectivity index (χ1) is 15.4. The van der Waals surface area contributed by atoms with Crippen molar-refractivity contribution in [1.29, 1.82) is 0 Å². The molecule has 10 heteroatoms. The summed E-state index contributed by atoms with van der Waals surface area (Å²) < 4.78 is 27.0. The average Bonchev–Trinajstić information content (AvgIpc) is 3.21. The van der Waals surface area contributed by atoms with Gasteiger partial charge in [0.05, 0.1) is 10.8 Å². The minimum absolute atomic E-state index is 0.0780. The molecular weight excluding hydrogens is 446 g/mol. The Labute approximate surface area is 192 Å². The number of H-pyrrole nitrogens is 1. The van der Waals surface area contributed by atoms with Gasteiger partial charge in [-0.2, -0.15) is 4.31 Å². The SMILES string of the molecule is CN1CCN(S(=O)(=O)c2ccc(SCC(=O)NCCc3c[nH]c4ccccc34)nc2)CC1. The zero-order chi connectivity index (χ0) is 22.6. The predicted octanol–water partition coefficient (Wildman–Crippen LogP) is 1.95. The summed E-state index contributed by atoms with van der Waals surface area (Å²) in [5.41, 5.74) is 2.26. The van der Waals surface area contributed by atoms with E-state index in [2.05, 4.69) is 26.3 Å². The van der Waals surface area contributed by atoms with Gasteiger partial charge in [-0.1, -0.05) is 30.0 Å². The first-order valence-corrected chi connectivity index (χ1v) is 13.0. The highest BCUT2D eigenvalue weighted by molar-refractivity contribution is 7.99. The summed E-state index contributed by atoms with van der Waals surface area (Å²) >= 11 is 1.29. The molecule has 0 unspecified atom stereocenters. The van der Waals surface area contributed by atoms with Crippen LogP contribution in [-0.2, 0) is 21.2 Å². The molecule has 1 aliphatic rings. The fourth-order valence-electron chi connectivity index (χ4n) is 3.65. The summed E-state index contributed by atoms with van der Waals surface area (Å²) in [7, 11) is -1.55. The molecule has 2 aromatic heterocycles. The number of piperazine rings is 1. The van der Waals surface area contributed by atoms with E-state index in [9.17, 15) is 13.2 Å². The molecule has 2 N–H and O–H groups in total. The molecule has 1 saturated heterocycles. The summed E-state index contributed by atoms with van der Waals surface area (Å²) in [6.07, 6.45) is 4.11. The van der Waals surface area contributed by atoms with Gasteiger partial charge in [0, 0.05) is 56.0 Å². The number of para-hydroxylation sites is 1. The van der Waals surface area contributed by atoms with Crippen LogP contribution in [0.3, 0.4) is 0 Å². The van der Waals surface area contributed by atoms with Crippen molar-refractivity contribution in [3.8, 4) is 0 Å². The second kappa shape index (κ2) is 10.0. The Kier molecular flexibility index (Phi) is 7.14. The first-order valence-electron chi connectivity index (χ1n) is 10.5. The molecule has 0 aliphatic carbocycles. The monoisotopic (exact) mass is 473 g/mol. The Morgan fingerprint density at radius 3 is 2.69 bits per heavy atom. The van der Waals surface area contributed by atoms with E-state index in [1.165, 1.54) is 33.2 Å². The molecule has 1 amide bonds. The van der Waals surface area contributed by atoms with Crippen molar-refractivity contribution in [3.63, 3.8) is 0 Å². The fourth-order valence-corrected chi connectivity index (χ4v) is 5.69. The summed E-state index contributed by atoms with van der Waals surface area (Å²) in [5, 5.41) is 4.72. The Morgan fingerprint density at radius 1 is 1.16 bits per heavy atom. The van der Waals surface area contributed by atoms with Crippen molar-refractivity contribution in [2.24, 2.45) is 0 Å². The number of carbonyl (C=O) groups excluding carboxylic acids is 1. The van der Waals surface area contributed by atoms with E-state index in [1.54, 1.807) is 12.1 Å². The van der Waals surface area contributed by atoms with Gasteiger partial charge < -0.3 is 15.2 Å². The highest BCUT2D eigenvalue weighted by atomic mass is 32.2. The zero-order valence-corrected chi connectivity index (χ0v) is 19.6. The van der Waals surface area contributed by atoms with Crippen LogP contribution in [0.25, 0.3) is 10.9 Å². The summed E-state index contributed by atoms with van der Waals surface area (Å²) in [5.74, 6) is 0.150. The Balaban J connectivity index is 1.24. The normalized spacial score (nSPS) is 15.8. The molecule has 0 atom stereocenters. The molecule has 4 rings (SSSR count). The molecule has 1 aromatic carbocycles. The first kappa shape index (κ1) is 22.8. The Bertz CT molecular complexity index is 1170. The number of benzene rings is 1. The summed E-state index contributed by atoms with van der Waals surface area (Å²) in [4.78, 5) is 22.0. The van der Waals surface area contributed by atoms with Crippen LogP contribution in [0.5, 0.6) is 0 Å². The molecule has 0 radical (unpaired) electrons. The van der Waals surface area contributed by atoms with Crippen LogP contribution in [0.1, 0.15) is 5.56 Å². The molecule has 170 valence electrons.